The minimum atomic E-state index is -1.08. The van der Waals surface area contributed by atoms with E-state index < -0.39 is 11.8 Å². The quantitative estimate of drug-likeness (QED) is 0.874. The van der Waals surface area contributed by atoms with Crippen LogP contribution in [0.15, 0.2) is 36.5 Å². The lowest BCUT2D eigenvalue weighted by Gasteiger charge is -2.10. The zero-order valence-electron chi connectivity index (χ0n) is 9.64. The predicted octanol–water partition coefficient (Wildman–Crippen LogP) is 2.97. The average Bonchev–Trinajstić information content (AvgIpc) is 2.34. The Morgan fingerprint density at radius 2 is 2.17 bits per heavy atom. The van der Waals surface area contributed by atoms with E-state index in [0.717, 1.165) is 5.56 Å². The molecule has 4 nitrogen and oxygen atoms in total. The Labute approximate surface area is 103 Å². The summed E-state index contributed by atoms with van der Waals surface area (Å²) in [6, 6.07) is 7.23. The van der Waals surface area contributed by atoms with Gasteiger partial charge < -0.3 is 10.4 Å². The number of aromatic nitrogens is 1. The summed E-state index contributed by atoms with van der Waals surface area (Å²) in [7, 11) is 0. The SMILES string of the molecule is Cc1ccc(F)cc1Nc1ncccc1C(=O)O. The number of carboxylic acids is 1. The number of rotatable bonds is 3. The van der Waals surface area contributed by atoms with Gasteiger partial charge in [-0.05, 0) is 36.8 Å². The van der Waals surface area contributed by atoms with Crippen LogP contribution in [0.4, 0.5) is 15.9 Å². The zero-order chi connectivity index (χ0) is 13.1. The molecule has 0 aliphatic rings. The van der Waals surface area contributed by atoms with E-state index in [2.05, 4.69) is 10.3 Å². The van der Waals surface area contributed by atoms with Crippen LogP contribution in [0.3, 0.4) is 0 Å². The summed E-state index contributed by atoms with van der Waals surface area (Å²) < 4.78 is 13.1. The average molecular weight is 246 g/mol. The van der Waals surface area contributed by atoms with Gasteiger partial charge in [0, 0.05) is 11.9 Å². The first kappa shape index (κ1) is 12.0. The number of carbonyl (C=O) groups is 1. The molecule has 0 saturated heterocycles. The second-order valence-electron chi connectivity index (χ2n) is 3.79. The third kappa shape index (κ3) is 2.45. The molecule has 0 saturated carbocycles. The lowest BCUT2D eigenvalue weighted by atomic mass is 10.2. The Hall–Kier alpha value is -2.43. The third-order valence-electron chi connectivity index (χ3n) is 2.49. The monoisotopic (exact) mass is 246 g/mol. The van der Waals surface area contributed by atoms with Crippen molar-refractivity contribution in [3.05, 3.63) is 53.5 Å². The maximum atomic E-state index is 13.1. The number of aromatic carboxylic acids is 1. The van der Waals surface area contributed by atoms with Crippen LogP contribution in [-0.2, 0) is 0 Å². The molecule has 1 heterocycles. The number of anilines is 2. The van der Waals surface area contributed by atoms with Crippen LogP contribution < -0.4 is 5.32 Å². The number of hydrogen-bond donors (Lipinski definition) is 2. The second-order valence-corrected chi connectivity index (χ2v) is 3.79. The van der Waals surface area contributed by atoms with Gasteiger partial charge in [0.2, 0.25) is 0 Å². The lowest BCUT2D eigenvalue weighted by molar-refractivity contribution is 0.0697. The minimum absolute atomic E-state index is 0.0427. The van der Waals surface area contributed by atoms with E-state index in [1.807, 2.05) is 0 Å². The maximum Gasteiger partial charge on any atom is 0.339 e. The molecular formula is C13H11FN2O2. The van der Waals surface area contributed by atoms with E-state index in [-0.39, 0.29) is 11.4 Å². The van der Waals surface area contributed by atoms with Crippen LogP contribution in [-0.4, -0.2) is 16.1 Å². The van der Waals surface area contributed by atoms with Crippen molar-refractivity contribution in [1.29, 1.82) is 0 Å². The van der Waals surface area contributed by atoms with Gasteiger partial charge in [-0.15, -0.1) is 0 Å². The van der Waals surface area contributed by atoms with Crippen molar-refractivity contribution in [3.63, 3.8) is 0 Å². The first-order chi connectivity index (χ1) is 8.58. The lowest BCUT2D eigenvalue weighted by Crippen LogP contribution is -2.05. The van der Waals surface area contributed by atoms with E-state index in [4.69, 9.17) is 5.11 Å². The first-order valence-corrected chi connectivity index (χ1v) is 5.29. The van der Waals surface area contributed by atoms with E-state index in [1.165, 1.54) is 30.5 Å². The normalized spacial score (nSPS) is 10.1. The number of nitrogens with one attached hydrogen (secondary N) is 1. The number of aryl methyl sites for hydroxylation is 1. The van der Waals surface area contributed by atoms with Gasteiger partial charge in [0.25, 0.3) is 0 Å². The largest absolute Gasteiger partial charge is 0.478 e. The van der Waals surface area contributed by atoms with Crippen LogP contribution in [0.1, 0.15) is 15.9 Å². The molecule has 0 aliphatic heterocycles. The summed E-state index contributed by atoms with van der Waals surface area (Å²) in [4.78, 5) is 15.0. The standard InChI is InChI=1S/C13H11FN2O2/c1-8-4-5-9(14)7-11(8)16-12-10(13(17)18)3-2-6-15-12/h2-7H,1H3,(H,15,16)(H,17,18). The fourth-order valence-electron chi connectivity index (χ4n) is 1.53. The third-order valence-corrected chi connectivity index (χ3v) is 2.49. The summed E-state index contributed by atoms with van der Waals surface area (Å²) in [6.07, 6.45) is 1.48. The molecule has 1 aromatic heterocycles. The molecule has 0 spiro atoms. The molecule has 0 aliphatic carbocycles. The van der Waals surface area contributed by atoms with Crippen LogP contribution in [0, 0.1) is 12.7 Å². The van der Waals surface area contributed by atoms with Crippen LogP contribution in [0.5, 0.6) is 0 Å². The maximum absolute atomic E-state index is 13.1. The Morgan fingerprint density at radius 1 is 1.39 bits per heavy atom. The fourth-order valence-corrected chi connectivity index (χ4v) is 1.53. The van der Waals surface area contributed by atoms with Crippen molar-refractivity contribution in [3.8, 4) is 0 Å². The first-order valence-electron chi connectivity index (χ1n) is 5.29. The predicted molar refractivity (Wildman–Crippen MR) is 65.6 cm³/mol. The number of nitrogens with zero attached hydrogens (tertiary/aromatic N) is 1. The van der Waals surface area contributed by atoms with E-state index in [9.17, 15) is 9.18 Å². The molecule has 0 fully saturated rings. The molecule has 18 heavy (non-hydrogen) atoms. The molecule has 1 aromatic carbocycles. The van der Waals surface area contributed by atoms with Crippen LogP contribution in [0.25, 0.3) is 0 Å². The molecule has 2 aromatic rings. The second kappa shape index (κ2) is 4.83. The van der Waals surface area contributed by atoms with Gasteiger partial charge in [-0.3, -0.25) is 0 Å². The Kier molecular flexibility index (Phi) is 3.23. The molecular weight excluding hydrogens is 235 g/mol. The molecule has 0 unspecified atom stereocenters. The van der Waals surface area contributed by atoms with Gasteiger partial charge in [-0.1, -0.05) is 6.07 Å². The minimum Gasteiger partial charge on any atom is -0.478 e. The van der Waals surface area contributed by atoms with Gasteiger partial charge in [0.1, 0.15) is 17.2 Å². The number of benzene rings is 1. The van der Waals surface area contributed by atoms with Crippen LogP contribution in [0.2, 0.25) is 0 Å². The Balaban J connectivity index is 2.40. The molecule has 0 radical (unpaired) electrons. The van der Waals surface area contributed by atoms with Gasteiger partial charge in [-0.25, -0.2) is 14.2 Å². The zero-order valence-corrected chi connectivity index (χ0v) is 9.64. The number of halogens is 1. The van der Waals surface area contributed by atoms with Crippen LogP contribution >= 0.6 is 0 Å². The van der Waals surface area contributed by atoms with E-state index >= 15 is 0 Å². The van der Waals surface area contributed by atoms with E-state index in [0.29, 0.717) is 5.69 Å². The van der Waals surface area contributed by atoms with Crippen molar-refractivity contribution < 1.29 is 14.3 Å². The van der Waals surface area contributed by atoms with Gasteiger partial charge in [-0.2, -0.15) is 0 Å². The summed E-state index contributed by atoms with van der Waals surface area (Å²) in [5.74, 6) is -1.28. The molecule has 92 valence electrons. The van der Waals surface area contributed by atoms with Crippen molar-refractivity contribution in [2.45, 2.75) is 6.92 Å². The van der Waals surface area contributed by atoms with Crippen molar-refractivity contribution in [2.75, 3.05) is 5.32 Å². The molecule has 0 bridgehead atoms. The van der Waals surface area contributed by atoms with Crippen molar-refractivity contribution >= 4 is 17.5 Å². The Bertz CT molecular complexity index is 599. The van der Waals surface area contributed by atoms with Gasteiger partial charge >= 0.3 is 5.97 Å². The molecule has 5 heteroatoms. The molecule has 0 atom stereocenters. The smallest absolute Gasteiger partial charge is 0.339 e. The highest BCUT2D eigenvalue weighted by atomic mass is 19.1. The highest BCUT2D eigenvalue weighted by molar-refractivity contribution is 5.93. The highest BCUT2D eigenvalue weighted by Crippen LogP contribution is 2.22. The van der Waals surface area contributed by atoms with Gasteiger partial charge in [0.05, 0.1) is 0 Å². The molecule has 0 amide bonds. The highest BCUT2D eigenvalue weighted by Gasteiger charge is 2.11. The fraction of sp³-hybridized carbons (Fsp3) is 0.0769. The number of hydrogen-bond acceptors (Lipinski definition) is 3. The Morgan fingerprint density at radius 3 is 2.89 bits per heavy atom. The van der Waals surface area contributed by atoms with Crippen molar-refractivity contribution in [2.24, 2.45) is 0 Å². The summed E-state index contributed by atoms with van der Waals surface area (Å²) in [5.41, 5.74) is 1.34. The van der Waals surface area contributed by atoms with Gasteiger partial charge in [0.15, 0.2) is 0 Å². The topological polar surface area (TPSA) is 62.2 Å². The summed E-state index contributed by atoms with van der Waals surface area (Å²) in [6.45, 7) is 1.80. The molecule has 2 N–H and O–H groups in total. The number of pyridine rings is 1. The summed E-state index contributed by atoms with van der Waals surface area (Å²) in [5, 5.41) is 11.8. The molecule has 2 rings (SSSR count). The summed E-state index contributed by atoms with van der Waals surface area (Å²) >= 11 is 0. The van der Waals surface area contributed by atoms with Crippen molar-refractivity contribution in [1.82, 2.24) is 4.98 Å². The van der Waals surface area contributed by atoms with E-state index in [1.54, 1.807) is 13.0 Å². The number of carboxylic acid groups (broad SMARTS) is 1.